The minimum atomic E-state index is -0.473. The summed E-state index contributed by atoms with van der Waals surface area (Å²) in [6.45, 7) is 0. The number of nitrogens with one attached hydrogen (secondary N) is 1. The van der Waals surface area contributed by atoms with Crippen LogP contribution < -0.4 is 0 Å². The van der Waals surface area contributed by atoms with Gasteiger partial charge in [0.1, 0.15) is 5.76 Å². The molecule has 154 valence electrons. The molecule has 31 heavy (non-hydrogen) atoms. The third-order valence-corrected chi connectivity index (χ3v) is 5.31. The van der Waals surface area contributed by atoms with Gasteiger partial charge in [0.2, 0.25) is 5.78 Å². The molecule has 0 atom stereocenters. The van der Waals surface area contributed by atoms with Gasteiger partial charge < -0.3 is 4.42 Å². The summed E-state index contributed by atoms with van der Waals surface area (Å²) >= 11 is 12.2. The number of nitro groups is 1. The number of H-pyrrole nitrogens is 1. The van der Waals surface area contributed by atoms with E-state index in [0.29, 0.717) is 38.2 Å². The number of non-ortho nitro benzene ring substituents is 1. The number of nitrogens with zero attached hydrogens (tertiary/aromatic N) is 2. The van der Waals surface area contributed by atoms with E-state index >= 15 is 0 Å². The van der Waals surface area contributed by atoms with E-state index in [4.69, 9.17) is 27.6 Å². The monoisotopic (exact) mass is 453 g/mol. The van der Waals surface area contributed by atoms with Gasteiger partial charge in [0, 0.05) is 28.8 Å². The lowest BCUT2D eigenvalue weighted by molar-refractivity contribution is -0.384. The summed E-state index contributed by atoms with van der Waals surface area (Å²) in [4.78, 5) is 23.1. The van der Waals surface area contributed by atoms with Gasteiger partial charge in [-0.15, -0.1) is 0 Å². The van der Waals surface area contributed by atoms with E-state index in [1.807, 2.05) is 0 Å². The number of nitro benzene ring substituents is 1. The quantitative estimate of drug-likeness (QED) is 0.156. The molecule has 0 aliphatic heterocycles. The van der Waals surface area contributed by atoms with Gasteiger partial charge in [0.05, 0.1) is 26.9 Å². The molecule has 4 aromatic rings. The van der Waals surface area contributed by atoms with Crippen molar-refractivity contribution in [2.75, 3.05) is 0 Å². The Labute approximate surface area is 186 Å². The van der Waals surface area contributed by atoms with Gasteiger partial charge in [-0.2, -0.15) is 5.10 Å². The largest absolute Gasteiger partial charge is 0.453 e. The molecule has 0 amide bonds. The van der Waals surface area contributed by atoms with Crippen LogP contribution in [0.5, 0.6) is 0 Å². The van der Waals surface area contributed by atoms with Crippen molar-refractivity contribution in [2.24, 2.45) is 0 Å². The molecule has 1 N–H and O–H groups in total. The fourth-order valence-electron chi connectivity index (χ4n) is 2.98. The van der Waals surface area contributed by atoms with E-state index < -0.39 is 4.92 Å². The van der Waals surface area contributed by atoms with Crippen LogP contribution in [0.1, 0.15) is 16.1 Å². The lowest BCUT2D eigenvalue weighted by atomic mass is 10.1. The Morgan fingerprint density at radius 3 is 2.74 bits per heavy atom. The van der Waals surface area contributed by atoms with Crippen molar-refractivity contribution in [1.29, 1.82) is 0 Å². The van der Waals surface area contributed by atoms with Crippen molar-refractivity contribution in [3.63, 3.8) is 0 Å². The molecule has 2 aromatic heterocycles. The summed E-state index contributed by atoms with van der Waals surface area (Å²) in [6.07, 6.45) is 4.43. The van der Waals surface area contributed by atoms with Crippen LogP contribution in [0, 0.1) is 10.1 Å². The molecule has 7 nitrogen and oxygen atoms in total. The number of hydrogen-bond donors (Lipinski definition) is 1. The second-order valence-corrected chi connectivity index (χ2v) is 7.26. The Hall–Kier alpha value is -3.68. The molecule has 0 aliphatic rings. The number of rotatable bonds is 6. The van der Waals surface area contributed by atoms with Crippen LogP contribution in [0.15, 0.2) is 71.3 Å². The summed E-state index contributed by atoms with van der Waals surface area (Å²) in [5.41, 5.74) is 2.27. The number of aromatic nitrogens is 2. The first-order chi connectivity index (χ1) is 14.9. The van der Waals surface area contributed by atoms with E-state index in [0.717, 1.165) is 0 Å². The van der Waals surface area contributed by atoms with Crippen LogP contribution in [0.25, 0.3) is 28.7 Å². The molecule has 2 heterocycles. The highest BCUT2D eigenvalue weighted by Crippen LogP contribution is 2.34. The van der Waals surface area contributed by atoms with E-state index in [1.165, 1.54) is 24.4 Å². The maximum absolute atomic E-state index is 12.6. The van der Waals surface area contributed by atoms with Crippen molar-refractivity contribution in [1.82, 2.24) is 10.2 Å². The molecule has 0 unspecified atom stereocenters. The van der Waals surface area contributed by atoms with Crippen molar-refractivity contribution >= 4 is 40.7 Å². The predicted octanol–water partition coefficient (Wildman–Crippen LogP) is 6.45. The predicted molar refractivity (Wildman–Crippen MR) is 118 cm³/mol. The van der Waals surface area contributed by atoms with Crippen molar-refractivity contribution in [3.05, 3.63) is 98.4 Å². The van der Waals surface area contributed by atoms with E-state index in [9.17, 15) is 14.9 Å². The molecule has 0 saturated heterocycles. The highest BCUT2D eigenvalue weighted by atomic mass is 35.5. The van der Waals surface area contributed by atoms with Gasteiger partial charge in [-0.05, 0) is 36.4 Å². The number of halogens is 2. The van der Waals surface area contributed by atoms with Crippen LogP contribution in [0.2, 0.25) is 10.0 Å². The second-order valence-electron chi connectivity index (χ2n) is 6.47. The normalized spacial score (nSPS) is 11.2. The van der Waals surface area contributed by atoms with Crippen molar-refractivity contribution in [2.45, 2.75) is 0 Å². The molecule has 0 spiro atoms. The summed E-state index contributed by atoms with van der Waals surface area (Å²) < 4.78 is 5.65. The smallest absolute Gasteiger partial charge is 0.270 e. The first-order valence-corrected chi connectivity index (χ1v) is 9.74. The molecular formula is C22H13Cl2N3O4. The third-order valence-electron chi connectivity index (χ3n) is 4.49. The fraction of sp³-hybridized carbons (Fsp3) is 0. The Balaban J connectivity index is 1.57. The Kier molecular flexibility index (Phi) is 5.70. The van der Waals surface area contributed by atoms with Crippen LogP contribution in [-0.2, 0) is 0 Å². The molecule has 0 fully saturated rings. The van der Waals surface area contributed by atoms with E-state index in [2.05, 4.69) is 10.2 Å². The second kappa shape index (κ2) is 8.59. The van der Waals surface area contributed by atoms with E-state index in [1.54, 1.807) is 48.5 Å². The van der Waals surface area contributed by atoms with Crippen molar-refractivity contribution < 1.29 is 14.1 Å². The van der Waals surface area contributed by atoms with Crippen LogP contribution in [0.4, 0.5) is 5.69 Å². The molecular weight excluding hydrogens is 441 g/mol. The average Bonchev–Trinajstić information content (AvgIpc) is 3.44. The lowest BCUT2D eigenvalue weighted by Crippen LogP contribution is -1.91. The van der Waals surface area contributed by atoms with Crippen LogP contribution in [0.3, 0.4) is 0 Å². The number of furan rings is 1. The number of ketones is 1. The van der Waals surface area contributed by atoms with Gasteiger partial charge in [-0.1, -0.05) is 41.4 Å². The highest BCUT2D eigenvalue weighted by molar-refractivity contribution is 6.43. The van der Waals surface area contributed by atoms with Gasteiger partial charge >= 0.3 is 0 Å². The number of carbonyl (C=O) groups is 1. The Bertz CT molecular complexity index is 1320. The van der Waals surface area contributed by atoms with Crippen LogP contribution in [-0.4, -0.2) is 20.9 Å². The SMILES string of the molecule is O=C(C=Cc1cn[nH]c1-c1cccc([N+](=O)[O-])c1)c1ccc(-c2cccc(Cl)c2Cl)o1. The highest BCUT2D eigenvalue weighted by Gasteiger charge is 2.15. The standard InChI is InChI=1S/C22H13Cl2N3O4/c23-17-6-2-5-16(21(17)24)19-9-10-20(31-19)18(28)8-7-14-12-25-26-22(14)13-3-1-4-15(11-13)27(29)30/h1-12H,(H,25,26). The molecule has 9 heteroatoms. The lowest BCUT2D eigenvalue weighted by Gasteiger charge is -2.02. The van der Waals surface area contributed by atoms with E-state index in [-0.39, 0.29) is 17.2 Å². The summed E-state index contributed by atoms with van der Waals surface area (Å²) in [5.74, 6) is 0.183. The minimum absolute atomic E-state index is 0.0408. The zero-order chi connectivity index (χ0) is 22.0. The van der Waals surface area contributed by atoms with Crippen LogP contribution >= 0.6 is 23.2 Å². The maximum Gasteiger partial charge on any atom is 0.270 e. The fourth-order valence-corrected chi connectivity index (χ4v) is 3.38. The maximum atomic E-state index is 12.6. The molecule has 0 bridgehead atoms. The molecule has 0 aliphatic carbocycles. The zero-order valence-electron chi connectivity index (χ0n) is 15.7. The Morgan fingerprint density at radius 2 is 1.94 bits per heavy atom. The summed E-state index contributed by atoms with van der Waals surface area (Å²) in [6, 6.07) is 14.5. The Morgan fingerprint density at radius 1 is 1.13 bits per heavy atom. The molecule has 2 aromatic carbocycles. The topological polar surface area (TPSA) is 102 Å². The van der Waals surface area contributed by atoms with Crippen molar-refractivity contribution in [3.8, 4) is 22.6 Å². The number of hydrogen-bond acceptors (Lipinski definition) is 5. The third kappa shape index (κ3) is 4.28. The number of carbonyl (C=O) groups excluding carboxylic acids is 1. The minimum Gasteiger partial charge on any atom is -0.453 e. The molecule has 0 radical (unpaired) electrons. The number of allylic oxidation sites excluding steroid dienone is 1. The first kappa shape index (κ1) is 20.6. The number of benzene rings is 2. The van der Waals surface area contributed by atoms with Gasteiger partial charge in [0.15, 0.2) is 5.76 Å². The van der Waals surface area contributed by atoms with Gasteiger partial charge in [-0.25, -0.2) is 0 Å². The van der Waals surface area contributed by atoms with Gasteiger partial charge in [-0.3, -0.25) is 20.0 Å². The first-order valence-electron chi connectivity index (χ1n) is 8.99. The molecule has 4 rings (SSSR count). The zero-order valence-corrected chi connectivity index (χ0v) is 17.2. The average molecular weight is 454 g/mol. The number of aromatic amines is 1. The van der Waals surface area contributed by atoms with Gasteiger partial charge in [0.25, 0.3) is 5.69 Å². The summed E-state index contributed by atoms with van der Waals surface area (Å²) in [5, 5.41) is 18.5. The molecule has 0 saturated carbocycles. The summed E-state index contributed by atoms with van der Waals surface area (Å²) in [7, 11) is 0.